The molecule has 2 heterocycles. The third-order valence-electron chi connectivity index (χ3n) is 5.04. The molecule has 0 radical (unpaired) electrons. The van der Waals surface area contributed by atoms with Gasteiger partial charge >= 0.3 is 0 Å². The standard InChI is InChI=1S/C17H27N3/c1-17(2)13-20(9-8-19(17)3)12-16-10-14-6-4-5-7-15(14)11-18-16/h4-7,16,18H,8-13H2,1-3H3. The molecule has 3 rings (SSSR count). The largest absolute Gasteiger partial charge is 0.308 e. The lowest BCUT2D eigenvalue weighted by Gasteiger charge is -2.46. The van der Waals surface area contributed by atoms with Crippen molar-refractivity contribution in [2.24, 2.45) is 0 Å². The highest BCUT2D eigenvalue weighted by Gasteiger charge is 2.32. The minimum absolute atomic E-state index is 0.296. The first-order valence-corrected chi connectivity index (χ1v) is 7.78. The van der Waals surface area contributed by atoms with Crippen LogP contribution < -0.4 is 5.32 Å². The maximum atomic E-state index is 3.71. The molecule has 0 saturated carbocycles. The number of rotatable bonds is 2. The Morgan fingerprint density at radius 3 is 2.70 bits per heavy atom. The Morgan fingerprint density at radius 2 is 1.95 bits per heavy atom. The average molecular weight is 273 g/mol. The van der Waals surface area contributed by atoms with Crippen molar-refractivity contribution >= 4 is 0 Å². The maximum absolute atomic E-state index is 3.71. The summed E-state index contributed by atoms with van der Waals surface area (Å²) in [5, 5.41) is 3.71. The first-order chi connectivity index (χ1) is 9.54. The van der Waals surface area contributed by atoms with Crippen LogP contribution in [0, 0.1) is 0 Å². The summed E-state index contributed by atoms with van der Waals surface area (Å²) < 4.78 is 0. The quantitative estimate of drug-likeness (QED) is 0.885. The SMILES string of the molecule is CN1CCN(CC2Cc3ccccc3CN2)CC1(C)C. The fourth-order valence-electron chi connectivity index (χ4n) is 3.46. The van der Waals surface area contributed by atoms with Crippen molar-refractivity contribution < 1.29 is 0 Å². The third-order valence-corrected chi connectivity index (χ3v) is 5.04. The van der Waals surface area contributed by atoms with Crippen molar-refractivity contribution in [1.29, 1.82) is 0 Å². The molecule has 2 aliphatic rings. The van der Waals surface area contributed by atoms with E-state index in [2.05, 4.69) is 60.3 Å². The van der Waals surface area contributed by atoms with E-state index in [1.165, 1.54) is 43.7 Å². The molecule has 1 N–H and O–H groups in total. The minimum Gasteiger partial charge on any atom is -0.308 e. The Hall–Kier alpha value is -0.900. The highest BCUT2D eigenvalue weighted by Crippen LogP contribution is 2.21. The van der Waals surface area contributed by atoms with Crippen LogP contribution in [0.25, 0.3) is 0 Å². The lowest BCUT2D eigenvalue weighted by atomic mass is 9.94. The molecular weight excluding hydrogens is 246 g/mol. The zero-order valence-electron chi connectivity index (χ0n) is 13.0. The number of benzene rings is 1. The molecule has 1 atom stereocenters. The zero-order valence-corrected chi connectivity index (χ0v) is 13.0. The molecule has 0 amide bonds. The van der Waals surface area contributed by atoms with E-state index in [9.17, 15) is 0 Å². The molecule has 3 nitrogen and oxygen atoms in total. The van der Waals surface area contributed by atoms with E-state index in [4.69, 9.17) is 0 Å². The van der Waals surface area contributed by atoms with Crippen molar-refractivity contribution in [3.05, 3.63) is 35.4 Å². The van der Waals surface area contributed by atoms with Gasteiger partial charge in [0.1, 0.15) is 0 Å². The Kier molecular flexibility index (Phi) is 3.85. The summed E-state index contributed by atoms with van der Waals surface area (Å²) in [6.07, 6.45) is 1.17. The van der Waals surface area contributed by atoms with E-state index in [-0.39, 0.29) is 0 Å². The van der Waals surface area contributed by atoms with Crippen LogP contribution in [0.3, 0.4) is 0 Å². The summed E-state index contributed by atoms with van der Waals surface area (Å²) in [7, 11) is 2.24. The fourth-order valence-corrected chi connectivity index (χ4v) is 3.46. The Balaban J connectivity index is 1.60. The highest BCUT2D eigenvalue weighted by molar-refractivity contribution is 5.30. The number of piperazine rings is 1. The zero-order chi connectivity index (χ0) is 14.2. The molecule has 0 aromatic heterocycles. The van der Waals surface area contributed by atoms with Crippen LogP contribution in [0.1, 0.15) is 25.0 Å². The van der Waals surface area contributed by atoms with Gasteiger partial charge < -0.3 is 5.32 Å². The summed E-state index contributed by atoms with van der Waals surface area (Å²) in [5.41, 5.74) is 3.30. The van der Waals surface area contributed by atoms with Crippen LogP contribution in [0.2, 0.25) is 0 Å². The second-order valence-corrected chi connectivity index (χ2v) is 7.02. The highest BCUT2D eigenvalue weighted by atomic mass is 15.3. The van der Waals surface area contributed by atoms with Gasteiger partial charge in [0, 0.05) is 44.3 Å². The second-order valence-electron chi connectivity index (χ2n) is 7.02. The van der Waals surface area contributed by atoms with Crippen molar-refractivity contribution in [3.63, 3.8) is 0 Å². The van der Waals surface area contributed by atoms with Crippen LogP contribution in [-0.4, -0.2) is 54.6 Å². The van der Waals surface area contributed by atoms with Crippen LogP contribution in [0.5, 0.6) is 0 Å². The lowest BCUT2D eigenvalue weighted by molar-refractivity contribution is 0.0348. The Labute approximate surface area is 123 Å². The first kappa shape index (κ1) is 14.1. The van der Waals surface area contributed by atoms with E-state index >= 15 is 0 Å². The number of nitrogens with one attached hydrogen (secondary N) is 1. The summed E-state index contributed by atoms with van der Waals surface area (Å²) >= 11 is 0. The van der Waals surface area contributed by atoms with Gasteiger partial charge in [-0.25, -0.2) is 0 Å². The molecule has 1 aromatic carbocycles. The third kappa shape index (κ3) is 2.90. The van der Waals surface area contributed by atoms with Gasteiger partial charge in [0.2, 0.25) is 0 Å². The topological polar surface area (TPSA) is 18.5 Å². The predicted molar refractivity (Wildman–Crippen MR) is 83.9 cm³/mol. The second kappa shape index (κ2) is 5.47. The fraction of sp³-hybridized carbons (Fsp3) is 0.647. The van der Waals surface area contributed by atoms with E-state index in [0.29, 0.717) is 11.6 Å². The van der Waals surface area contributed by atoms with E-state index < -0.39 is 0 Å². The molecule has 1 unspecified atom stereocenters. The van der Waals surface area contributed by atoms with Gasteiger partial charge in [-0.3, -0.25) is 9.80 Å². The smallest absolute Gasteiger partial charge is 0.0277 e. The molecule has 1 aromatic rings. The van der Waals surface area contributed by atoms with Gasteiger partial charge in [0.25, 0.3) is 0 Å². The predicted octanol–water partition coefficient (Wildman–Crippen LogP) is 1.73. The van der Waals surface area contributed by atoms with Crippen LogP contribution in [0.15, 0.2) is 24.3 Å². The number of likely N-dealkylation sites (N-methyl/N-ethyl adjacent to an activating group) is 1. The van der Waals surface area contributed by atoms with Gasteiger partial charge in [-0.2, -0.15) is 0 Å². The van der Waals surface area contributed by atoms with Gasteiger partial charge in [-0.05, 0) is 38.4 Å². The van der Waals surface area contributed by atoms with Gasteiger partial charge in [0.05, 0.1) is 0 Å². The van der Waals surface area contributed by atoms with E-state index in [0.717, 1.165) is 6.54 Å². The molecule has 3 heteroatoms. The summed E-state index contributed by atoms with van der Waals surface area (Å²) in [4.78, 5) is 5.11. The molecule has 1 saturated heterocycles. The molecule has 20 heavy (non-hydrogen) atoms. The number of fused-ring (bicyclic) bond motifs is 1. The maximum Gasteiger partial charge on any atom is 0.0277 e. The van der Waals surface area contributed by atoms with Crippen molar-refractivity contribution in [3.8, 4) is 0 Å². The van der Waals surface area contributed by atoms with Crippen LogP contribution in [-0.2, 0) is 13.0 Å². The number of hydrogen-bond acceptors (Lipinski definition) is 3. The number of hydrogen-bond donors (Lipinski definition) is 1. The molecular formula is C17H27N3. The van der Waals surface area contributed by atoms with E-state index in [1.807, 2.05) is 0 Å². The Bertz CT molecular complexity index is 469. The summed E-state index contributed by atoms with van der Waals surface area (Å²) in [6, 6.07) is 9.45. The molecule has 1 fully saturated rings. The summed E-state index contributed by atoms with van der Waals surface area (Å²) in [5.74, 6) is 0. The molecule has 110 valence electrons. The van der Waals surface area contributed by atoms with Crippen molar-refractivity contribution in [1.82, 2.24) is 15.1 Å². The molecule has 0 bridgehead atoms. The molecule has 0 aliphatic carbocycles. The van der Waals surface area contributed by atoms with E-state index in [1.54, 1.807) is 0 Å². The molecule has 0 spiro atoms. The van der Waals surface area contributed by atoms with Gasteiger partial charge in [-0.15, -0.1) is 0 Å². The van der Waals surface area contributed by atoms with Crippen LogP contribution in [0.4, 0.5) is 0 Å². The van der Waals surface area contributed by atoms with Gasteiger partial charge in [0.15, 0.2) is 0 Å². The molecule has 2 aliphatic heterocycles. The minimum atomic E-state index is 0.296. The lowest BCUT2D eigenvalue weighted by Crippen LogP contribution is -2.59. The number of nitrogens with zero attached hydrogens (tertiary/aromatic N) is 2. The van der Waals surface area contributed by atoms with Crippen molar-refractivity contribution in [2.75, 3.05) is 33.2 Å². The normalized spacial score (nSPS) is 27.2. The van der Waals surface area contributed by atoms with Gasteiger partial charge in [-0.1, -0.05) is 24.3 Å². The van der Waals surface area contributed by atoms with Crippen LogP contribution >= 0.6 is 0 Å². The first-order valence-electron chi connectivity index (χ1n) is 7.78. The Morgan fingerprint density at radius 1 is 1.20 bits per heavy atom. The summed E-state index contributed by atoms with van der Waals surface area (Å²) in [6.45, 7) is 10.4. The average Bonchev–Trinajstić information content (AvgIpc) is 2.42. The monoisotopic (exact) mass is 273 g/mol. The van der Waals surface area contributed by atoms with Crippen molar-refractivity contribution in [2.45, 2.75) is 38.4 Å².